The Bertz CT molecular complexity index is 472. The topological polar surface area (TPSA) is 84.2 Å². The van der Waals surface area contributed by atoms with Crippen LogP contribution in [0, 0.1) is 5.92 Å². The highest BCUT2D eigenvalue weighted by atomic mass is 16.2. The molecule has 1 rings (SSSR count). The normalized spacial score (nSPS) is 12.1. The molecule has 0 heterocycles. The number of nitrogens with one attached hydrogen (secondary N) is 2. The van der Waals surface area contributed by atoms with Gasteiger partial charge in [0.25, 0.3) is 5.91 Å². The van der Waals surface area contributed by atoms with Gasteiger partial charge in [0.15, 0.2) is 0 Å². The summed E-state index contributed by atoms with van der Waals surface area (Å²) in [5, 5.41) is 5.48. The zero-order valence-corrected chi connectivity index (χ0v) is 12.3. The molecule has 4 N–H and O–H groups in total. The Morgan fingerprint density at radius 1 is 1.30 bits per heavy atom. The average Bonchev–Trinajstić information content (AvgIpc) is 2.39. The molecule has 1 aromatic rings. The van der Waals surface area contributed by atoms with Crippen molar-refractivity contribution >= 4 is 17.5 Å². The van der Waals surface area contributed by atoms with Crippen molar-refractivity contribution in [2.45, 2.75) is 33.2 Å². The van der Waals surface area contributed by atoms with Crippen LogP contribution in [0.25, 0.3) is 0 Å². The summed E-state index contributed by atoms with van der Waals surface area (Å²) >= 11 is 0. The van der Waals surface area contributed by atoms with Crippen LogP contribution in [0.2, 0.25) is 0 Å². The number of carbonyl (C=O) groups is 2. The van der Waals surface area contributed by atoms with Gasteiger partial charge in [-0.3, -0.25) is 9.59 Å². The van der Waals surface area contributed by atoms with Crippen molar-refractivity contribution in [2.75, 3.05) is 11.9 Å². The van der Waals surface area contributed by atoms with E-state index in [2.05, 4.69) is 10.6 Å². The van der Waals surface area contributed by atoms with Crippen LogP contribution in [0.1, 0.15) is 37.6 Å². The molecule has 0 spiro atoms. The number of anilines is 1. The zero-order chi connectivity index (χ0) is 15.1. The molecular weight excluding hydrogens is 254 g/mol. The summed E-state index contributed by atoms with van der Waals surface area (Å²) in [5.41, 5.74) is 7.00. The van der Waals surface area contributed by atoms with Crippen LogP contribution in [0.3, 0.4) is 0 Å². The van der Waals surface area contributed by atoms with Gasteiger partial charge >= 0.3 is 0 Å². The summed E-state index contributed by atoms with van der Waals surface area (Å²) < 4.78 is 0. The Morgan fingerprint density at radius 3 is 2.60 bits per heavy atom. The molecule has 0 bridgehead atoms. The molecule has 1 atom stereocenters. The fourth-order valence-electron chi connectivity index (χ4n) is 1.66. The molecule has 0 aliphatic heterocycles. The Hall–Kier alpha value is -1.88. The molecular formula is C15H23N3O2. The maximum absolute atomic E-state index is 11.8. The van der Waals surface area contributed by atoms with Crippen molar-refractivity contribution in [1.82, 2.24) is 5.32 Å². The minimum atomic E-state index is -0.165. The predicted molar refractivity (Wildman–Crippen MR) is 80.5 cm³/mol. The first-order chi connectivity index (χ1) is 9.43. The number of amides is 2. The summed E-state index contributed by atoms with van der Waals surface area (Å²) in [7, 11) is 0. The second kappa shape index (κ2) is 7.65. The lowest BCUT2D eigenvalue weighted by Gasteiger charge is -2.15. The third-order valence-corrected chi connectivity index (χ3v) is 3.02. The Labute approximate surface area is 119 Å². The zero-order valence-electron chi connectivity index (χ0n) is 12.3. The first-order valence-electron chi connectivity index (χ1n) is 6.87. The van der Waals surface area contributed by atoms with Crippen LogP contribution in [-0.4, -0.2) is 24.4 Å². The van der Waals surface area contributed by atoms with Gasteiger partial charge in [0.05, 0.1) is 0 Å². The monoisotopic (exact) mass is 277 g/mol. The number of rotatable bonds is 6. The fraction of sp³-hybridized carbons (Fsp3) is 0.467. The van der Waals surface area contributed by atoms with E-state index in [0.717, 1.165) is 0 Å². The van der Waals surface area contributed by atoms with Crippen molar-refractivity contribution in [1.29, 1.82) is 0 Å². The van der Waals surface area contributed by atoms with E-state index in [1.165, 1.54) is 0 Å². The number of benzene rings is 1. The largest absolute Gasteiger partial charge is 0.352 e. The molecule has 0 aliphatic rings. The molecule has 110 valence electrons. The van der Waals surface area contributed by atoms with Gasteiger partial charge in [0.1, 0.15) is 0 Å². The lowest BCUT2D eigenvalue weighted by molar-refractivity contribution is -0.116. The number of nitrogens with two attached hydrogens (primary N) is 1. The van der Waals surface area contributed by atoms with Crippen molar-refractivity contribution < 1.29 is 9.59 Å². The van der Waals surface area contributed by atoms with E-state index in [1.54, 1.807) is 24.3 Å². The molecule has 0 aliphatic carbocycles. The van der Waals surface area contributed by atoms with E-state index >= 15 is 0 Å². The molecule has 2 amide bonds. The molecule has 0 aromatic heterocycles. The van der Waals surface area contributed by atoms with E-state index in [4.69, 9.17) is 5.73 Å². The van der Waals surface area contributed by atoms with Crippen molar-refractivity contribution in [3.63, 3.8) is 0 Å². The van der Waals surface area contributed by atoms with Crippen molar-refractivity contribution in [3.05, 3.63) is 29.8 Å². The Morgan fingerprint density at radius 2 is 2.00 bits per heavy atom. The van der Waals surface area contributed by atoms with Gasteiger partial charge in [0.2, 0.25) is 5.91 Å². The van der Waals surface area contributed by atoms with E-state index in [-0.39, 0.29) is 30.2 Å². The van der Waals surface area contributed by atoms with Crippen LogP contribution in [0.5, 0.6) is 0 Å². The van der Waals surface area contributed by atoms with Gasteiger partial charge in [-0.05, 0) is 31.0 Å². The van der Waals surface area contributed by atoms with Crippen LogP contribution >= 0.6 is 0 Å². The molecule has 0 saturated heterocycles. The highest BCUT2D eigenvalue weighted by Gasteiger charge is 2.13. The SMILES string of the molecule is CCNC(=O)c1cccc(NC(=O)CC(N)C(C)C)c1. The van der Waals surface area contributed by atoms with Crippen LogP contribution in [0.4, 0.5) is 5.69 Å². The standard InChI is InChI=1S/C15H23N3O2/c1-4-17-15(20)11-6-5-7-12(8-11)18-14(19)9-13(16)10(2)3/h5-8,10,13H,4,9,16H2,1-3H3,(H,17,20)(H,18,19). The smallest absolute Gasteiger partial charge is 0.251 e. The number of hydrogen-bond acceptors (Lipinski definition) is 3. The molecule has 0 radical (unpaired) electrons. The lowest BCUT2D eigenvalue weighted by atomic mass is 10.0. The van der Waals surface area contributed by atoms with Crippen molar-refractivity contribution in [2.24, 2.45) is 11.7 Å². The maximum Gasteiger partial charge on any atom is 0.251 e. The van der Waals surface area contributed by atoms with Gasteiger partial charge < -0.3 is 16.4 Å². The summed E-state index contributed by atoms with van der Waals surface area (Å²) in [6, 6.07) is 6.69. The molecule has 0 fully saturated rings. The first-order valence-corrected chi connectivity index (χ1v) is 6.87. The second-order valence-corrected chi connectivity index (χ2v) is 5.10. The van der Waals surface area contributed by atoms with Gasteiger partial charge in [-0.25, -0.2) is 0 Å². The minimum Gasteiger partial charge on any atom is -0.352 e. The average molecular weight is 277 g/mol. The van der Waals surface area contributed by atoms with Crippen LogP contribution in [-0.2, 0) is 4.79 Å². The fourth-order valence-corrected chi connectivity index (χ4v) is 1.66. The number of carbonyl (C=O) groups excluding carboxylic acids is 2. The van der Waals surface area contributed by atoms with E-state index in [1.807, 2.05) is 20.8 Å². The maximum atomic E-state index is 11.8. The summed E-state index contributed by atoms with van der Waals surface area (Å²) in [5.74, 6) is -0.0378. The molecule has 20 heavy (non-hydrogen) atoms. The summed E-state index contributed by atoms with van der Waals surface area (Å²) in [6.07, 6.45) is 0.267. The minimum absolute atomic E-state index is 0.140. The quantitative estimate of drug-likeness (QED) is 0.740. The molecule has 5 nitrogen and oxygen atoms in total. The van der Waals surface area contributed by atoms with E-state index < -0.39 is 0 Å². The predicted octanol–water partition coefficient (Wildman–Crippen LogP) is 1.75. The third-order valence-electron chi connectivity index (χ3n) is 3.02. The molecule has 5 heteroatoms. The van der Waals surface area contributed by atoms with Gasteiger partial charge in [-0.15, -0.1) is 0 Å². The van der Waals surface area contributed by atoms with Crippen LogP contribution in [0.15, 0.2) is 24.3 Å². The Balaban J connectivity index is 2.66. The second-order valence-electron chi connectivity index (χ2n) is 5.10. The number of hydrogen-bond donors (Lipinski definition) is 3. The van der Waals surface area contributed by atoms with E-state index in [0.29, 0.717) is 17.8 Å². The lowest BCUT2D eigenvalue weighted by Crippen LogP contribution is -2.31. The Kier molecular flexibility index (Phi) is 6.18. The molecule has 1 unspecified atom stereocenters. The summed E-state index contributed by atoms with van der Waals surface area (Å²) in [4.78, 5) is 23.5. The third kappa shape index (κ3) is 5.01. The molecule has 0 saturated carbocycles. The van der Waals surface area contributed by atoms with Crippen LogP contribution < -0.4 is 16.4 Å². The molecule has 1 aromatic carbocycles. The highest BCUT2D eigenvalue weighted by Crippen LogP contribution is 2.12. The van der Waals surface area contributed by atoms with Gasteiger partial charge in [0, 0.05) is 30.3 Å². The summed E-state index contributed by atoms with van der Waals surface area (Å²) in [6.45, 7) is 6.39. The first kappa shape index (κ1) is 16.2. The van der Waals surface area contributed by atoms with Gasteiger partial charge in [-0.2, -0.15) is 0 Å². The van der Waals surface area contributed by atoms with Crippen molar-refractivity contribution in [3.8, 4) is 0 Å². The van der Waals surface area contributed by atoms with E-state index in [9.17, 15) is 9.59 Å². The highest BCUT2D eigenvalue weighted by molar-refractivity contribution is 5.97. The van der Waals surface area contributed by atoms with Gasteiger partial charge in [-0.1, -0.05) is 19.9 Å².